The first-order chi connectivity index (χ1) is 9.44. The maximum absolute atomic E-state index is 12.4. The Morgan fingerprint density at radius 2 is 2.10 bits per heavy atom. The van der Waals surface area contributed by atoms with Gasteiger partial charge in [-0.25, -0.2) is 13.1 Å². The van der Waals surface area contributed by atoms with E-state index in [1.165, 1.54) is 7.11 Å². The second-order valence-electron chi connectivity index (χ2n) is 5.91. The molecule has 1 saturated heterocycles. The first-order valence-electron chi connectivity index (χ1n) is 7.19. The lowest BCUT2D eigenvalue weighted by molar-refractivity contribution is -0.145. The summed E-state index contributed by atoms with van der Waals surface area (Å²) in [6, 6.07) is 0. The number of carbonyl (C=O) groups excluding carboxylic acids is 1. The summed E-state index contributed by atoms with van der Waals surface area (Å²) in [5, 5.41) is -0.630. The molecule has 0 aromatic rings. The molecule has 20 heavy (non-hydrogen) atoms. The van der Waals surface area contributed by atoms with Crippen LogP contribution in [0.5, 0.6) is 0 Å². The van der Waals surface area contributed by atoms with E-state index in [2.05, 4.69) is 9.62 Å². The summed E-state index contributed by atoms with van der Waals surface area (Å²) in [6.45, 7) is 2.41. The number of hydrogen-bond acceptors (Lipinski definition) is 5. The summed E-state index contributed by atoms with van der Waals surface area (Å²) in [4.78, 5) is 13.9. The first kappa shape index (κ1) is 15.7. The molecule has 0 bridgehead atoms. The molecule has 0 aromatic carbocycles. The Bertz CT molecular complexity index is 451. The lowest BCUT2D eigenvalue weighted by Gasteiger charge is -2.20. The fourth-order valence-corrected chi connectivity index (χ4v) is 5.09. The topological polar surface area (TPSA) is 75.7 Å². The number of ether oxygens (including phenoxy) is 1. The molecule has 6 nitrogen and oxygen atoms in total. The van der Waals surface area contributed by atoms with E-state index in [9.17, 15) is 13.2 Å². The van der Waals surface area contributed by atoms with Gasteiger partial charge in [-0.05, 0) is 38.8 Å². The smallest absolute Gasteiger partial charge is 0.310 e. The molecule has 1 N–H and O–H groups in total. The van der Waals surface area contributed by atoms with E-state index in [-0.39, 0.29) is 0 Å². The van der Waals surface area contributed by atoms with Crippen LogP contribution < -0.4 is 4.72 Å². The normalized spacial score (nSPS) is 31.6. The van der Waals surface area contributed by atoms with E-state index in [1.54, 1.807) is 0 Å². The van der Waals surface area contributed by atoms with Crippen molar-refractivity contribution in [3.8, 4) is 0 Å². The average molecular weight is 304 g/mol. The van der Waals surface area contributed by atoms with Crippen LogP contribution in [0.2, 0.25) is 0 Å². The van der Waals surface area contributed by atoms with Gasteiger partial charge in [0.25, 0.3) is 0 Å². The number of hydrogen-bond donors (Lipinski definition) is 1. The van der Waals surface area contributed by atoms with Gasteiger partial charge in [0.15, 0.2) is 0 Å². The second-order valence-corrected chi connectivity index (χ2v) is 7.89. The van der Waals surface area contributed by atoms with Crippen LogP contribution in [0.3, 0.4) is 0 Å². The van der Waals surface area contributed by atoms with Crippen LogP contribution in [0, 0.1) is 11.8 Å². The van der Waals surface area contributed by atoms with E-state index in [1.807, 2.05) is 7.05 Å². The predicted octanol–water partition coefficient (Wildman–Crippen LogP) is 0.199. The molecule has 0 spiro atoms. The third kappa shape index (κ3) is 3.51. The van der Waals surface area contributed by atoms with Gasteiger partial charge in [-0.1, -0.05) is 6.42 Å². The highest BCUT2D eigenvalue weighted by Crippen LogP contribution is 2.31. The summed E-state index contributed by atoms with van der Waals surface area (Å²) >= 11 is 0. The van der Waals surface area contributed by atoms with E-state index in [4.69, 9.17) is 4.74 Å². The third-order valence-electron chi connectivity index (χ3n) is 4.42. The molecule has 1 heterocycles. The molecular weight excluding hydrogens is 280 g/mol. The fourth-order valence-electron chi connectivity index (χ4n) is 3.25. The number of esters is 1. The molecule has 3 unspecified atom stereocenters. The van der Waals surface area contributed by atoms with Gasteiger partial charge in [0.1, 0.15) is 0 Å². The zero-order valence-electron chi connectivity index (χ0n) is 12.2. The van der Waals surface area contributed by atoms with Crippen molar-refractivity contribution in [2.75, 3.05) is 33.8 Å². The monoisotopic (exact) mass is 304 g/mol. The highest BCUT2D eigenvalue weighted by molar-refractivity contribution is 7.90. The number of carbonyl (C=O) groups is 1. The zero-order valence-corrected chi connectivity index (χ0v) is 13.0. The highest BCUT2D eigenvalue weighted by atomic mass is 32.2. The van der Waals surface area contributed by atoms with Crippen molar-refractivity contribution < 1.29 is 17.9 Å². The minimum atomic E-state index is -3.44. The van der Waals surface area contributed by atoms with Crippen molar-refractivity contribution in [1.29, 1.82) is 0 Å². The quantitative estimate of drug-likeness (QED) is 0.734. The van der Waals surface area contributed by atoms with Crippen molar-refractivity contribution in [3.05, 3.63) is 0 Å². The van der Waals surface area contributed by atoms with Crippen LogP contribution in [0.25, 0.3) is 0 Å². The van der Waals surface area contributed by atoms with Crippen molar-refractivity contribution in [2.45, 2.75) is 30.9 Å². The lowest BCUT2D eigenvalue weighted by atomic mass is 10.1. The molecule has 1 saturated carbocycles. The first-order valence-corrected chi connectivity index (χ1v) is 8.73. The maximum Gasteiger partial charge on any atom is 0.310 e. The Labute approximate surface area is 120 Å². The molecule has 0 aromatic heterocycles. The molecule has 7 heteroatoms. The van der Waals surface area contributed by atoms with Crippen molar-refractivity contribution in [2.24, 2.45) is 11.8 Å². The molecular formula is C13H24N2O4S. The molecule has 3 atom stereocenters. The Balaban J connectivity index is 1.93. The third-order valence-corrected chi connectivity index (χ3v) is 6.35. The molecule has 2 fully saturated rings. The Morgan fingerprint density at radius 1 is 1.35 bits per heavy atom. The number of sulfonamides is 1. The fraction of sp³-hybridized carbons (Fsp3) is 0.923. The van der Waals surface area contributed by atoms with Gasteiger partial charge >= 0.3 is 5.97 Å². The van der Waals surface area contributed by atoms with Crippen LogP contribution in [0.4, 0.5) is 0 Å². The molecule has 2 rings (SSSR count). The van der Waals surface area contributed by atoms with Gasteiger partial charge < -0.3 is 9.64 Å². The number of likely N-dealkylation sites (tertiary alicyclic amines) is 1. The Kier molecular flexibility index (Phi) is 5.04. The summed E-state index contributed by atoms with van der Waals surface area (Å²) in [5.74, 6) is -0.546. The zero-order chi connectivity index (χ0) is 14.8. The standard InChI is InChI=1S/C13H24N2O4S/c1-15-7-6-10(9-15)8-14-20(17,18)12-5-3-4-11(12)13(16)19-2/h10-12,14H,3-9H2,1-2H3. The second kappa shape index (κ2) is 6.41. The van der Waals surface area contributed by atoms with E-state index >= 15 is 0 Å². The minimum absolute atomic E-state index is 0.368. The number of rotatable bonds is 5. The SMILES string of the molecule is COC(=O)C1CCCC1S(=O)(=O)NCC1CCN(C)C1. The summed E-state index contributed by atoms with van der Waals surface area (Å²) in [6.07, 6.45) is 2.92. The Morgan fingerprint density at radius 3 is 2.70 bits per heavy atom. The lowest BCUT2D eigenvalue weighted by Crippen LogP contribution is -2.41. The van der Waals surface area contributed by atoms with E-state index in [0.717, 1.165) is 25.9 Å². The molecule has 0 radical (unpaired) electrons. The summed E-state index contributed by atoms with van der Waals surface area (Å²) in [5.41, 5.74) is 0. The van der Waals surface area contributed by atoms with Crippen LogP contribution in [-0.2, 0) is 19.6 Å². The van der Waals surface area contributed by atoms with Gasteiger partial charge in [-0.2, -0.15) is 0 Å². The number of nitrogens with one attached hydrogen (secondary N) is 1. The molecule has 1 aliphatic carbocycles. The van der Waals surface area contributed by atoms with Crippen LogP contribution in [0.1, 0.15) is 25.7 Å². The van der Waals surface area contributed by atoms with Crippen LogP contribution in [0.15, 0.2) is 0 Å². The van der Waals surface area contributed by atoms with Gasteiger partial charge in [-0.15, -0.1) is 0 Å². The number of nitrogens with zero attached hydrogens (tertiary/aromatic N) is 1. The van der Waals surface area contributed by atoms with Gasteiger partial charge in [-0.3, -0.25) is 4.79 Å². The van der Waals surface area contributed by atoms with E-state index in [0.29, 0.717) is 25.3 Å². The largest absolute Gasteiger partial charge is 0.469 e. The predicted molar refractivity (Wildman–Crippen MR) is 75.7 cm³/mol. The van der Waals surface area contributed by atoms with Gasteiger partial charge in [0, 0.05) is 13.1 Å². The maximum atomic E-state index is 12.4. The summed E-state index contributed by atoms with van der Waals surface area (Å²) in [7, 11) is -0.0865. The van der Waals surface area contributed by atoms with Crippen LogP contribution >= 0.6 is 0 Å². The van der Waals surface area contributed by atoms with Crippen molar-refractivity contribution in [3.63, 3.8) is 0 Å². The van der Waals surface area contributed by atoms with Gasteiger partial charge in [0.2, 0.25) is 10.0 Å². The molecule has 2 aliphatic rings. The highest BCUT2D eigenvalue weighted by Gasteiger charge is 2.42. The molecule has 1 aliphatic heterocycles. The van der Waals surface area contributed by atoms with Crippen molar-refractivity contribution >= 4 is 16.0 Å². The van der Waals surface area contributed by atoms with Crippen LogP contribution in [-0.4, -0.2) is 58.3 Å². The minimum Gasteiger partial charge on any atom is -0.469 e. The Hall–Kier alpha value is -0.660. The van der Waals surface area contributed by atoms with E-state index < -0.39 is 27.2 Å². The number of methoxy groups -OCH3 is 1. The average Bonchev–Trinajstić information content (AvgIpc) is 3.04. The molecule has 0 amide bonds. The molecule has 116 valence electrons. The summed E-state index contributed by atoms with van der Waals surface area (Å²) < 4.78 is 32.2. The van der Waals surface area contributed by atoms with Crippen molar-refractivity contribution in [1.82, 2.24) is 9.62 Å². The van der Waals surface area contributed by atoms with Gasteiger partial charge in [0.05, 0.1) is 18.3 Å².